The van der Waals surface area contributed by atoms with Gasteiger partial charge >= 0.3 is 5.69 Å². The van der Waals surface area contributed by atoms with E-state index in [1.807, 2.05) is 0 Å². The molecule has 0 saturated heterocycles. The molecule has 0 spiro atoms. The first-order chi connectivity index (χ1) is 12.2. The quantitative estimate of drug-likeness (QED) is 0.567. The number of aryl methyl sites for hydroxylation is 1. The largest absolute Gasteiger partial charge is 0.379 e. The van der Waals surface area contributed by atoms with Gasteiger partial charge in [0.25, 0.3) is 0 Å². The van der Waals surface area contributed by atoms with Gasteiger partial charge in [0, 0.05) is 32.1 Å². The van der Waals surface area contributed by atoms with Crippen LogP contribution >= 0.6 is 0 Å². The van der Waals surface area contributed by atoms with Crippen molar-refractivity contribution >= 4 is 22.3 Å². The average Bonchev–Trinajstić information content (AvgIpc) is 3.04. The minimum absolute atomic E-state index is 0.0638. The highest BCUT2D eigenvalue weighted by molar-refractivity contribution is 5.94. The molecular weight excluding hydrogens is 320 g/mol. The minimum Gasteiger partial charge on any atom is -0.379 e. The summed E-state index contributed by atoms with van der Waals surface area (Å²) in [4.78, 5) is 15.4. The predicted octanol–water partition coefficient (Wildman–Crippen LogP) is 2.73. The van der Waals surface area contributed by atoms with Crippen molar-refractivity contribution in [1.82, 2.24) is 19.7 Å². The number of fused-ring (bicyclic) bond motifs is 2. The van der Waals surface area contributed by atoms with E-state index < -0.39 is 0 Å². The molecule has 4 rings (SSSR count). The number of aromatic nitrogens is 4. The van der Waals surface area contributed by atoms with Gasteiger partial charge in [-0.2, -0.15) is 0 Å². The topological polar surface area (TPSA) is 98.8 Å². The molecule has 1 aromatic carbocycles. The number of anilines is 1. The number of pyridine rings is 1. The lowest BCUT2D eigenvalue weighted by molar-refractivity contribution is -0.382. The molecule has 1 aliphatic heterocycles. The Hall–Kier alpha value is -3.03. The third-order valence-corrected chi connectivity index (χ3v) is 4.54. The van der Waals surface area contributed by atoms with Gasteiger partial charge in [0.1, 0.15) is 17.3 Å². The Morgan fingerprint density at radius 3 is 3.04 bits per heavy atom. The summed E-state index contributed by atoms with van der Waals surface area (Å²) < 4.78 is 2.17. The number of nitrogens with one attached hydrogen (secondary N) is 1. The molecule has 0 amide bonds. The zero-order valence-electron chi connectivity index (χ0n) is 13.7. The first-order valence-corrected chi connectivity index (χ1v) is 8.41. The molecular formula is C17H18N6O2. The monoisotopic (exact) mass is 338 g/mol. The van der Waals surface area contributed by atoms with E-state index in [4.69, 9.17) is 0 Å². The highest BCUT2D eigenvalue weighted by atomic mass is 16.6. The van der Waals surface area contributed by atoms with Crippen LogP contribution in [0, 0.1) is 10.1 Å². The normalized spacial score (nSPS) is 13.6. The van der Waals surface area contributed by atoms with Gasteiger partial charge in [0.05, 0.1) is 15.8 Å². The lowest BCUT2D eigenvalue weighted by Crippen LogP contribution is -2.16. The summed E-state index contributed by atoms with van der Waals surface area (Å²) in [6, 6.07) is 6.94. The fraction of sp³-hybridized carbons (Fsp3) is 0.353. The second kappa shape index (κ2) is 6.46. The van der Waals surface area contributed by atoms with Gasteiger partial charge in [0.15, 0.2) is 0 Å². The van der Waals surface area contributed by atoms with Gasteiger partial charge in [-0.1, -0.05) is 0 Å². The fourth-order valence-electron chi connectivity index (χ4n) is 3.34. The van der Waals surface area contributed by atoms with E-state index in [0.29, 0.717) is 29.6 Å². The Labute approximate surface area is 144 Å². The van der Waals surface area contributed by atoms with Gasteiger partial charge in [0.2, 0.25) is 0 Å². The molecule has 0 radical (unpaired) electrons. The van der Waals surface area contributed by atoms with E-state index in [1.54, 1.807) is 30.5 Å². The van der Waals surface area contributed by atoms with Gasteiger partial charge in [-0.3, -0.25) is 15.1 Å². The molecule has 1 N–H and O–H groups in total. The van der Waals surface area contributed by atoms with E-state index in [2.05, 4.69) is 25.1 Å². The van der Waals surface area contributed by atoms with Crippen LogP contribution in [0.15, 0.2) is 30.5 Å². The molecule has 1 aliphatic rings. The van der Waals surface area contributed by atoms with E-state index in [0.717, 1.165) is 37.5 Å². The maximum Gasteiger partial charge on any atom is 0.301 e. The third kappa shape index (κ3) is 2.90. The lowest BCUT2D eigenvalue weighted by atomic mass is 10.1. The van der Waals surface area contributed by atoms with Crippen LogP contribution in [0.5, 0.6) is 0 Å². The molecule has 3 heterocycles. The van der Waals surface area contributed by atoms with Gasteiger partial charge in [-0.25, -0.2) is 0 Å². The van der Waals surface area contributed by atoms with Crippen LogP contribution < -0.4 is 5.32 Å². The van der Waals surface area contributed by atoms with Crippen molar-refractivity contribution in [2.24, 2.45) is 0 Å². The third-order valence-electron chi connectivity index (χ3n) is 4.54. The number of hydrogen-bond acceptors (Lipinski definition) is 6. The number of hydrogen-bond donors (Lipinski definition) is 1. The average molecular weight is 338 g/mol. The highest BCUT2D eigenvalue weighted by Gasteiger charge is 2.19. The molecule has 8 heteroatoms. The van der Waals surface area contributed by atoms with Crippen LogP contribution in [0.2, 0.25) is 0 Å². The Balaban J connectivity index is 1.54. The summed E-state index contributed by atoms with van der Waals surface area (Å²) in [6.07, 6.45) is 5.59. The van der Waals surface area contributed by atoms with E-state index in [-0.39, 0.29) is 10.6 Å². The zero-order valence-corrected chi connectivity index (χ0v) is 13.7. The molecule has 128 valence electrons. The van der Waals surface area contributed by atoms with Crippen molar-refractivity contribution in [3.05, 3.63) is 52.2 Å². The molecule has 3 aromatic rings. The standard InChI is InChI=1S/C17H18N6O2/c24-23(25)17-12-4-3-9-18-13(12)6-7-14(17)19-10-8-16-21-20-15-5-1-2-11-22(15)16/h3-4,6-7,9,19H,1-2,5,8,10-11H2. The molecule has 8 nitrogen and oxygen atoms in total. The van der Waals surface area contributed by atoms with Crippen LogP contribution in [-0.2, 0) is 19.4 Å². The summed E-state index contributed by atoms with van der Waals surface area (Å²) in [6.45, 7) is 1.52. The molecule has 0 fully saturated rings. The second-order valence-corrected chi connectivity index (χ2v) is 6.11. The van der Waals surface area contributed by atoms with Crippen molar-refractivity contribution in [3.63, 3.8) is 0 Å². The van der Waals surface area contributed by atoms with Crippen LogP contribution in [0.1, 0.15) is 24.5 Å². The molecule has 0 saturated carbocycles. The molecule has 2 aromatic heterocycles. The molecule has 0 unspecified atom stereocenters. The number of rotatable bonds is 5. The van der Waals surface area contributed by atoms with Crippen molar-refractivity contribution in [2.75, 3.05) is 11.9 Å². The van der Waals surface area contributed by atoms with E-state index in [9.17, 15) is 10.1 Å². The number of nitrogens with zero attached hydrogens (tertiary/aromatic N) is 5. The molecule has 0 bridgehead atoms. The minimum atomic E-state index is -0.356. The summed E-state index contributed by atoms with van der Waals surface area (Å²) in [7, 11) is 0. The Bertz CT molecular complexity index is 936. The molecule has 0 atom stereocenters. The number of benzene rings is 1. The Kier molecular flexibility index (Phi) is 4.01. The van der Waals surface area contributed by atoms with Gasteiger partial charge in [-0.05, 0) is 37.1 Å². The van der Waals surface area contributed by atoms with Gasteiger partial charge < -0.3 is 9.88 Å². The number of nitro benzene ring substituents is 1. The maximum atomic E-state index is 11.5. The number of nitro groups is 1. The fourth-order valence-corrected chi connectivity index (χ4v) is 3.34. The first-order valence-electron chi connectivity index (χ1n) is 8.41. The van der Waals surface area contributed by atoms with Crippen molar-refractivity contribution in [3.8, 4) is 0 Å². The van der Waals surface area contributed by atoms with Gasteiger partial charge in [-0.15, -0.1) is 10.2 Å². The van der Waals surface area contributed by atoms with Crippen molar-refractivity contribution in [2.45, 2.75) is 32.2 Å². The van der Waals surface area contributed by atoms with Crippen LogP contribution in [-0.4, -0.2) is 31.2 Å². The van der Waals surface area contributed by atoms with E-state index >= 15 is 0 Å². The first kappa shape index (κ1) is 15.5. The Morgan fingerprint density at radius 2 is 2.16 bits per heavy atom. The lowest BCUT2D eigenvalue weighted by Gasteiger charge is -2.15. The second-order valence-electron chi connectivity index (χ2n) is 6.11. The Morgan fingerprint density at radius 1 is 1.24 bits per heavy atom. The highest BCUT2D eigenvalue weighted by Crippen LogP contribution is 2.32. The molecule has 25 heavy (non-hydrogen) atoms. The van der Waals surface area contributed by atoms with Crippen LogP contribution in [0.25, 0.3) is 10.9 Å². The zero-order chi connectivity index (χ0) is 17.2. The summed E-state index contributed by atoms with van der Waals surface area (Å²) in [5, 5.41) is 23.8. The SMILES string of the molecule is O=[N+]([O-])c1c(NCCc2nnc3n2CCCC3)ccc2ncccc12. The summed E-state index contributed by atoms with van der Waals surface area (Å²) in [5.74, 6) is 1.98. The van der Waals surface area contributed by atoms with E-state index in [1.165, 1.54) is 0 Å². The van der Waals surface area contributed by atoms with Crippen LogP contribution in [0.4, 0.5) is 11.4 Å². The predicted molar refractivity (Wildman–Crippen MR) is 93.6 cm³/mol. The summed E-state index contributed by atoms with van der Waals surface area (Å²) >= 11 is 0. The van der Waals surface area contributed by atoms with Crippen LogP contribution in [0.3, 0.4) is 0 Å². The molecule has 0 aliphatic carbocycles. The maximum absolute atomic E-state index is 11.5. The smallest absolute Gasteiger partial charge is 0.301 e. The van der Waals surface area contributed by atoms with Crippen molar-refractivity contribution < 1.29 is 4.92 Å². The summed E-state index contributed by atoms with van der Waals surface area (Å²) in [5.41, 5.74) is 1.18. The van der Waals surface area contributed by atoms with Crippen molar-refractivity contribution in [1.29, 1.82) is 0 Å².